The first-order valence-electron chi connectivity index (χ1n) is 18.3. The molecule has 3 aliphatic heterocycles. The zero-order chi connectivity index (χ0) is 40.4. The van der Waals surface area contributed by atoms with Crippen LogP contribution in [0.3, 0.4) is 0 Å². The lowest BCUT2D eigenvalue weighted by atomic mass is 10.0. The Morgan fingerprint density at radius 2 is 1.82 bits per heavy atom. The van der Waals surface area contributed by atoms with Crippen LogP contribution in [0.15, 0.2) is 53.3 Å². The van der Waals surface area contributed by atoms with Crippen LogP contribution < -0.4 is 15.7 Å². The number of piperazine rings is 1. The van der Waals surface area contributed by atoms with Crippen molar-refractivity contribution in [1.29, 1.82) is 0 Å². The molecule has 0 radical (unpaired) electrons. The summed E-state index contributed by atoms with van der Waals surface area (Å²) in [5.74, 6) is 7.84. The van der Waals surface area contributed by atoms with E-state index in [0.29, 0.717) is 47.6 Å². The summed E-state index contributed by atoms with van der Waals surface area (Å²) in [6, 6.07) is 7.22. The van der Waals surface area contributed by atoms with Gasteiger partial charge >= 0.3 is 12.1 Å². The second-order valence-corrected chi connectivity index (χ2v) is 14.8. The van der Waals surface area contributed by atoms with Gasteiger partial charge in [-0.3, -0.25) is 30.1 Å². The second kappa shape index (κ2) is 16.3. The molecule has 294 valence electrons. The number of nitrogens with two attached hydrogens (primary N) is 1. The number of fused-ring (bicyclic) bond motifs is 1. The Hall–Kier alpha value is -5.52. The van der Waals surface area contributed by atoms with E-state index in [0.717, 1.165) is 31.4 Å². The number of carbonyl (C=O) groups is 2. The van der Waals surface area contributed by atoms with Gasteiger partial charge in [-0.15, -0.1) is 0 Å². The maximum Gasteiger partial charge on any atom is 0.487 e. The van der Waals surface area contributed by atoms with E-state index in [1.807, 2.05) is 9.47 Å². The number of allylic oxidation sites excluding steroid dienone is 1. The molecule has 0 bridgehead atoms. The molecular formula is C40H45F3N9O4+. The zero-order valence-corrected chi connectivity index (χ0v) is 32.0. The van der Waals surface area contributed by atoms with Gasteiger partial charge in [0, 0.05) is 82.1 Å². The number of amides is 2. The van der Waals surface area contributed by atoms with Crippen molar-refractivity contribution in [3.8, 4) is 11.8 Å². The van der Waals surface area contributed by atoms with Crippen LogP contribution in [0.25, 0.3) is 0 Å². The predicted octanol–water partition coefficient (Wildman–Crippen LogP) is 2.68. The number of anilines is 1. The number of aliphatic imine (C=N–C) groups is 1. The highest BCUT2D eigenvalue weighted by Crippen LogP contribution is 2.35. The zero-order valence-electron chi connectivity index (χ0n) is 32.0. The van der Waals surface area contributed by atoms with Gasteiger partial charge in [0.25, 0.3) is 5.91 Å². The molecule has 3 aliphatic rings. The number of hydrogen-bond acceptors (Lipinski definition) is 9. The Balaban J connectivity index is 1.15. The van der Waals surface area contributed by atoms with E-state index in [2.05, 4.69) is 49.5 Å². The second-order valence-electron chi connectivity index (χ2n) is 14.8. The molecular weight excluding hydrogens is 727 g/mol. The van der Waals surface area contributed by atoms with Crippen LogP contribution in [0.5, 0.6) is 0 Å². The van der Waals surface area contributed by atoms with E-state index >= 15 is 0 Å². The van der Waals surface area contributed by atoms with E-state index < -0.39 is 35.6 Å². The molecule has 6 rings (SSSR count). The van der Waals surface area contributed by atoms with Crippen LogP contribution in [0.2, 0.25) is 0 Å². The standard InChI is InChI=1S/C40H44F3N9O4/c1-6-50-13-15-51(16-14-50)24-28-9-10-29(19-31(28)40(41,42)43)47-34(53)18-26-17-25(21-45-22-26)7-8-27-23-46-37(44)48-35(27)33-20-30-32(49(33)5)11-12-52(36(30)54)38(55)56-39(2,3)4/h9-10,17,19-22,38,44,55H,6,11-16,18,24H2,1-5H3,(H,47,53)/p+1. The number of pyridine rings is 1. The number of halogens is 3. The van der Waals surface area contributed by atoms with Crippen molar-refractivity contribution in [3.63, 3.8) is 0 Å². The van der Waals surface area contributed by atoms with Crippen molar-refractivity contribution in [2.45, 2.75) is 65.3 Å². The number of ether oxygens (including phenoxy) is 1. The maximum atomic E-state index is 14.1. The number of alkyl halides is 3. The van der Waals surface area contributed by atoms with Crippen LogP contribution in [0.1, 0.15) is 71.7 Å². The average Bonchev–Trinajstić information content (AvgIpc) is 3.47. The van der Waals surface area contributed by atoms with E-state index in [1.54, 1.807) is 40.0 Å². The molecule has 16 heteroatoms. The third-order valence-electron chi connectivity index (χ3n) is 9.65. The molecule has 0 saturated carbocycles. The Morgan fingerprint density at radius 3 is 2.52 bits per heavy atom. The Kier molecular flexibility index (Phi) is 11.7. The van der Waals surface area contributed by atoms with Gasteiger partial charge < -0.3 is 24.6 Å². The Bertz CT molecular complexity index is 2220. The molecule has 1 atom stereocenters. The molecule has 2 amide bonds. The molecule has 1 saturated heterocycles. The summed E-state index contributed by atoms with van der Waals surface area (Å²) in [6.45, 7) is 11.7. The lowest BCUT2D eigenvalue weighted by Gasteiger charge is -2.34. The number of aliphatic hydroxyl groups is 1. The summed E-state index contributed by atoms with van der Waals surface area (Å²) in [7, 11) is 1.79. The highest BCUT2D eigenvalue weighted by Gasteiger charge is 2.37. The quantitative estimate of drug-likeness (QED) is 0.171. The fourth-order valence-corrected chi connectivity index (χ4v) is 6.80. The first-order chi connectivity index (χ1) is 26.5. The minimum Gasteiger partial charge on any atom is -0.351 e. The van der Waals surface area contributed by atoms with Gasteiger partial charge in [-0.2, -0.15) is 17.8 Å². The summed E-state index contributed by atoms with van der Waals surface area (Å²) < 4.78 is 53.8. The van der Waals surface area contributed by atoms with Crippen molar-refractivity contribution in [2.24, 2.45) is 17.8 Å². The average molecular weight is 773 g/mol. The summed E-state index contributed by atoms with van der Waals surface area (Å²) in [4.78, 5) is 40.7. The molecule has 1 aromatic carbocycles. The lowest BCUT2D eigenvalue weighted by molar-refractivity contribution is -0.224. The number of aromatic nitrogens is 2. The monoisotopic (exact) mass is 772 g/mol. The molecule has 1 fully saturated rings. The van der Waals surface area contributed by atoms with E-state index in [4.69, 9.17) is 10.5 Å². The number of hydrogen-bond donors (Lipinski definition) is 3. The maximum absolute atomic E-state index is 14.1. The number of guanidine groups is 1. The fourth-order valence-electron chi connectivity index (χ4n) is 6.80. The minimum atomic E-state index is -4.59. The summed E-state index contributed by atoms with van der Waals surface area (Å²) >= 11 is 0. The molecule has 3 aromatic rings. The van der Waals surface area contributed by atoms with Crippen LogP contribution in [0.4, 0.5) is 18.9 Å². The largest absolute Gasteiger partial charge is 0.487 e. The predicted molar refractivity (Wildman–Crippen MR) is 206 cm³/mol. The fraction of sp³-hybridized carbons (Fsp3) is 0.425. The van der Waals surface area contributed by atoms with Gasteiger partial charge in [-0.25, -0.2) is 0 Å². The number of likely N-dealkylation sites (N-methyl/N-ethyl adjacent to an activating group) is 1. The minimum absolute atomic E-state index is 0.0448. The molecule has 4 N–H and O–H groups in total. The van der Waals surface area contributed by atoms with Crippen molar-refractivity contribution in [3.05, 3.63) is 87.5 Å². The smallest absolute Gasteiger partial charge is 0.351 e. The van der Waals surface area contributed by atoms with Crippen LogP contribution in [-0.2, 0) is 42.1 Å². The number of nitrogens with zero attached hydrogens (tertiary/aromatic N) is 7. The number of rotatable bonds is 9. The van der Waals surface area contributed by atoms with Crippen molar-refractivity contribution < 1.29 is 32.6 Å². The lowest BCUT2D eigenvalue weighted by Crippen LogP contribution is -2.48. The number of benzene rings is 1. The number of nitrogens with one attached hydrogen (secondary N) is 1. The molecule has 5 heterocycles. The first-order valence-corrected chi connectivity index (χ1v) is 18.3. The van der Waals surface area contributed by atoms with Crippen molar-refractivity contribution >= 4 is 35.0 Å². The SMILES string of the molecule is CCN1CCN(Cc2ccc(NC(=O)Cc3cncc(C#CC4=C=[N+]=C(N)N=C4c4cc5c(n4C)CCN(C(O)OC(C)(C)C)C5=O)c3)cc2C(F)(F)F)CC1. The molecule has 13 nitrogen and oxygen atoms in total. The highest BCUT2D eigenvalue weighted by atomic mass is 19.4. The topological polar surface area (TPSA) is 156 Å². The van der Waals surface area contributed by atoms with E-state index in [1.165, 1.54) is 29.4 Å². The first kappa shape index (κ1) is 40.2. The Labute approximate surface area is 323 Å². The van der Waals surface area contributed by atoms with E-state index in [9.17, 15) is 27.9 Å². The molecule has 56 heavy (non-hydrogen) atoms. The third kappa shape index (κ3) is 9.46. The summed E-state index contributed by atoms with van der Waals surface area (Å²) in [6.07, 6.45) is -2.74. The molecule has 0 spiro atoms. The van der Waals surface area contributed by atoms with Gasteiger partial charge in [-0.1, -0.05) is 23.9 Å². The Morgan fingerprint density at radius 1 is 1.09 bits per heavy atom. The van der Waals surface area contributed by atoms with Crippen LogP contribution in [0, 0.1) is 11.8 Å². The van der Waals surface area contributed by atoms with Gasteiger partial charge in [0.15, 0.2) is 17.2 Å². The van der Waals surface area contributed by atoms with Gasteiger partial charge in [-0.05, 0) is 68.6 Å². The normalized spacial score (nSPS) is 17.1. The number of carbonyl (C=O) groups excluding carboxylic acids is 2. The van der Waals surface area contributed by atoms with Gasteiger partial charge in [0.05, 0.1) is 28.8 Å². The van der Waals surface area contributed by atoms with Crippen LogP contribution in [-0.4, -0.2) is 110 Å². The van der Waals surface area contributed by atoms with Crippen molar-refractivity contribution in [2.75, 3.05) is 44.6 Å². The molecule has 1 unspecified atom stereocenters. The van der Waals surface area contributed by atoms with E-state index in [-0.39, 0.29) is 42.3 Å². The molecule has 2 aromatic heterocycles. The molecule has 0 aliphatic carbocycles. The van der Waals surface area contributed by atoms with Crippen LogP contribution >= 0.6 is 0 Å². The van der Waals surface area contributed by atoms with Crippen molar-refractivity contribution in [1.82, 2.24) is 28.9 Å². The highest BCUT2D eigenvalue weighted by molar-refractivity contribution is 6.24. The summed E-state index contributed by atoms with van der Waals surface area (Å²) in [5.41, 5.74) is 7.91. The summed E-state index contributed by atoms with van der Waals surface area (Å²) in [5, 5.41) is 13.2. The number of aliphatic hydroxyl groups excluding tert-OH is 1. The third-order valence-corrected chi connectivity index (χ3v) is 9.65. The van der Waals surface area contributed by atoms with Gasteiger partial charge in [0.1, 0.15) is 0 Å². The van der Waals surface area contributed by atoms with Gasteiger partial charge in [0.2, 0.25) is 12.3 Å².